The molecule has 0 fully saturated rings. The van der Waals surface area contributed by atoms with Crippen LogP contribution in [0.4, 0.5) is 0 Å². The summed E-state index contributed by atoms with van der Waals surface area (Å²) in [6, 6.07) is 0. The highest BCUT2D eigenvalue weighted by Crippen LogP contribution is 2.02. The number of aromatic nitrogens is 3. The minimum absolute atomic E-state index is 0. The molecular formula is C20H42N4O3. The van der Waals surface area contributed by atoms with Gasteiger partial charge in [0.1, 0.15) is 0 Å². The van der Waals surface area contributed by atoms with Crippen molar-refractivity contribution in [3.63, 3.8) is 0 Å². The van der Waals surface area contributed by atoms with E-state index in [9.17, 15) is 4.79 Å². The van der Waals surface area contributed by atoms with E-state index in [2.05, 4.69) is 29.5 Å². The first-order valence-electron chi connectivity index (χ1n) is 9.94. The molecule has 0 aliphatic heterocycles. The van der Waals surface area contributed by atoms with Crippen LogP contribution in [-0.2, 0) is 27.2 Å². The number of hydrogen-bond donors (Lipinski definition) is 1. The normalized spacial score (nSPS) is 9.70. The Hall–Kier alpha value is -1.57. The maximum atomic E-state index is 11.3. The Kier molecular flexibility index (Phi) is 21.2. The zero-order valence-electron chi connectivity index (χ0n) is 18.0. The molecule has 0 atom stereocenters. The van der Waals surface area contributed by atoms with Gasteiger partial charge in [0.2, 0.25) is 0 Å². The molecule has 7 nitrogen and oxygen atoms in total. The summed E-state index contributed by atoms with van der Waals surface area (Å²) in [6.45, 7) is 14.2. The van der Waals surface area contributed by atoms with Crippen molar-refractivity contribution in [2.75, 3.05) is 33.5 Å². The van der Waals surface area contributed by atoms with Gasteiger partial charge in [0.05, 0.1) is 38.7 Å². The number of hydrogen-bond acceptors (Lipinski definition) is 6. The van der Waals surface area contributed by atoms with Gasteiger partial charge >= 0.3 is 0 Å². The van der Waals surface area contributed by atoms with Gasteiger partial charge in [-0.2, -0.15) is 0 Å². The Bertz CT molecular complexity index is 482. The smallest absolute Gasteiger partial charge is 0.160 e. The molecule has 0 aromatic carbocycles. The van der Waals surface area contributed by atoms with Gasteiger partial charge in [-0.25, -0.2) is 4.68 Å². The average Bonchev–Trinajstić information content (AvgIpc) is 3.14. The number of rotatable bonds is 14. The molecule has 1 rings (SSSR count). The summed E-state index contributed by atoms with van der Waals surface area (Å²) in [4.78, 5) is 11.3. The summed E-state index contributed by atoms with van der Waals surface area (Å²) in [5, 5.41) is 8.24. The van der Waals surface area contributed by atoms with Crippen LogP contribution >= 0.6 is 0 Å². The van der Waals surface area contributed by atoms with Crippen molar-refractivity contribution in [1.82, 2.24) is 15.0 Å². The summed E-state index contributed by atoms with van der Waals surface area (Å²) in [7, 11) is 1.50. The number of nitrogens with two attached hydrogens (primary N) is 1. The number of unbranched alkanes of at least 4 members (excludes halogenated alkanes) is 2. The van der Waals surface area contributed by atoms with Crippen LogP contribution in [0.25, 0.3) is 0 Å². The minimum atomic E-state index is 0. The lowest BCUT2D eigenvalue weighted by Gasteiger charge is -2.05. The number of ketones is 1. The number of aryl methyl sites for hydroxylation is 1. The van der Waals surface area contributed by atoms with Crippen molar-refractivity contribution < 1.29 is 15.7 Å². The number of allylic oxidation sites excluding steroid dienone is 1. The van der Waals surface area contributed by atoms with Gasteiger partial charge < -0.3 is 15.2 Å². The van der Waals surface area contributed by atoms with Gasteiger partial charge in [0.25, 0.3) is 0 Å². The van der Waals surface area contributed by atoms with Gasteiger partial charge in [0, 0.05) is 14.0 Å². The van der Waals surface area contributed by atoms with E-state index in [1.165, 1.54) is 19.9 Å². The third kappa shape index (κ3) is 16.3. The summed E-state index contributed by atoms with van der Waals surface area (Å²) in [6.07, 6.45) is 6.97. The maximum absolute atomic E-state index is 11.3. The van der Waals surface area contributed by atoms with Gasteiger partial charge in [0.15, 0.2) is 5.78 Å². The number of nitrogens with zero attached hydrogens (tertiary/aromatic N) is 3. The van der Waals surface area contributed by atoms with Crippen molar-refractivity contribution in [2.45, 2.75) is 66.3 Å². The van der Waals surface area contributed by atoms with Crippen LogP contribution in [0.5, 0.6) is 0 Å². The fraction of sp³-hybridized carbons (Fsp3) is 0.750. The van der Waals surface area contributed by atoms with E-state index in [0.717, 1.165) is 18.5 Å². The van der Waals surface area contributed by atoms with Crippen LogP contribution in [0.3, 0.4) is 0 Å². The first kappa shape index (κ1) is 27.6. The fourth-order valence-electron chi connectivity index (χ4n) is 1.98. The predicted molar refractivity (Wildman–Crippen MR) is 113 cm³/mol. The zero-order chi connectivity index (χ0) is 20.9. The van der Waals surface area contributed by atoms with E-state index in [1.807, 2.05) is 24.7 Å². The van der Waals surface area contributed by atoms with Gasteiger partial charge in [-0.3, -0.25) is 4.79 Å². The van der Waals surface area contributed by atoms with E-state index in [-0.39, 0.29) is 7.21 Å². The molecule has 27 heavy (non-hydrogen) atoms. The molecule has 0 aliphatic rings. The highest BCUT2D eigenvalue weighted by Gasteiger charge is 2.02. The van der Waals surface area contributed by atoms with Gasteiger partial charge in [-0.05, 0) is 32.4 Å². The Morgan fingerprint density at radius 1 is 1.19 bits per heavy atom. The van der Waals surface area contributed by atoms with Crippen LogP contribution in [0.1, 0.15) is 60.5 Å². The van der Waals surface area contributed by atoms with Crippen LogP contribution in [0, 0.1) is 0 Å². The first-order valence-corrected chi connectivity index (χ1v) is 9.94. The Morgan fingerprint density at radius 3 is 2.41 bits per heavy atom. The highest BCUT2D eigenvalue weighted by atomic mass is 16.5. The van der Waals surface area contributed by atoms with E-state index in [1.54, 1.807) is 6.92 Å². The van der Waals surface area contributed by atoms with Crippen molar-refractivity contribution in [3.8, 4) is 0 Å². The second-order valence-electron chi connectivity index (χ2n) is 5.61. The molecule has 2 N–H and O–H groups in total. The first-order chi connectivity index (χ1) is 13.1. The second kappa shape index (κ2) is 20.7. The van der Waals surface area contributed by atoms with E-state index >= 15 is 0 Å². The van der Waals surface area contributed by atoms with Crippen molar-refractivity contribution in [2.24, 2.45) is 5.73 Å². The summed E-state index contributed by atoms with van der Waals surface area (Å²) < 4.78 is 12.6. The molecule has 0 bridgehead atoms. The summed E-state index contributed by atoms with van der Waals surface area (Å²) in [5.41, 5.74) is 6.12. The van der Waals surface area contributed by atoms with Crippen LogP contribution < -0.4 is 5.73 Å². The number of ether oxygens (including phenoxy) is 2. The lowest BCUT2D eigenvalue weighted by molar-refractivity contribution is -0.116. The highest BCUT2D eigenvalue weighted by molar-refractivity contribution is 5.94. The zero-order valence-corrected chi connectivity index (χ0v) is 18.0. The standard InChI is InChI=1S/C17H29N3O3.C2H6.CH5N.H2/c1-4-5-6-7-16-14-20(19-18-16)9-11-23-13-12-22-10-8-17(21)15(2)3;2*1-2;/h14H,2,4-13H2,1,3H3;1-2H3;2H2,1H3;1H. The van der Waals surface area contributed by atoms with E-state index in [0.29, 0.717) is 45.0 Å². The summed E-state index contributed by atoms with van der Waals surface area (Å²) >= 11 is 0. The number of carbonyl (C=O) groups is 1. The van der Waals surface area contributed by atoms with Crippen LogP contribution in [-0.4, -0.2) is 54.3 Å². The van der Waals surface area contributed by atoms with E-state index < -0.39 is 0 Å². The van der Waals surface area contributed by atoms with Gasteiger partial charge in [-0.15, -0.1) is 5.10 Å². The van der Waals surface area contributed by atoms with E-state index in [4.69, 9.17) is 9.47 Å². The maximum Gasteiger partial charge on any atom is 0.160 e. The molecule has 7 heteroatoms. The van der Waals surface area contributed by atoms with Crippen molar-refractivity contribution >= 4 is 5.78 Å². The molecule has 0 saturated heterocycles. The molecule has 1 aromatic rings. The van der Waals surface area contributed by atoms with Crippen molar-refractivity contribution in [1.29, 1.82) is 0 Å². The minimum Gasteiger partial charge on any atom is -0.379 e. The quantitative estimate of drug-likeness (QED) is 0.389. The third-order valence-electron chi connectivity index (χ3n) is 3.41. The lowest BCUT2D eigenvalue weighted by atomic mass is 10.2. The average molecular weight is 387 g/mol. The molecule has 0 saturated carbocycles. The summed E-state index contributed by atoms with van der Waals surface area (Å²) in [5.74, 6) is 0.0480. The molecule has 0 aliphatic carbocycles. The molecule has 0 spiro atoms. The number of carbonyl (C=O) groups excluding carboxylic acids is 1. The molecule has 160 valence electrons. The second-order valence-corrected chi connectivity index (χ2v) is 5.61. The fourth-order valence-corrected chi connectivity index (χ4v) is 1.98. The molecule has 1 heterocycles. The molecule has 0 unspecified atom stereocenters. The monoisotopic (exact) mass is 386 g/mol. The van der Waals surface area contributed by atoms with Crippen LogP contribution in [0.2, 0.25) is 0 Å². The predicted octanol–water partition coefficient (Wildman–Crippen LogP) is 3.43. The number of Topliss-reactive ketones (excluding diaryl/α,β-unsaturated/α-hetero) is 1. The molecule has 0 radical (unpaired) electrons. The molecule has 0 amide bonds. The third-order valence-corrected chi connectivity index (χ3v) is 3.41. The Balaban J connectivity index is -0.00000117. The van der Waals surface area contributed by atoms with Crippen molar-refractivity contribution in [3.05, 3.63) is 24.0 Å². The largest absolute Gasteiger partial charge is 0.379 e. The topological polar surface area (TPSA) is 92.3 Å². The SMILES string of the molecule is C=C(C)C(=O)CCOCCOCCn1cc(CCCCC)nn1.CC.CN.[HH]. The Morgan fingerprint density at radius 2 is 1.81 bits per heavy atom. The molecule has 1 aromatic heterocycles. The molecular weight excluding hydrogens is 344 g/mol. The van der Waals surface area contributed by atoms with Crippen LogP contribution in [0.15, 0.2) is 18.3 Å². The van der Waals surface area contributed by atoms with Gasteiger partial charge in [-0.1, -0.05) is 45.4 Å². The Labute approximate surface area is 166 Å². The lowest BCUT2D eigenvalue weighted by Crippen LogP contribution is -2.12.